The van der Waals surface area contributed by atoms with Crippen LogP contribution in [0.2, 0.25) is 10.0 Å². The van der Waals surface area contributed by atoms with Crippen LogP contribution in [-0.2, 0) is 6.54 Å². The first-order valence-electron chi connectivity index (χ1n) is 9.85. The molecule has 4 rings (SSSR count). The summed E-state index contributed by atoms with van der Waals surface area (Å²) in [4.78, 5) is 24.9. The molecule has 0 spiro atoms. The van der Waals surface area contributed by atoms with E-state index in [1.807, 2.05) is 0 Å². The van der Waals surface area contributed by atoms with Crippen molar-refractivity contribution in [3.63, 3.8) is 0 Å². The minimum Gasteiger partial charge on any atom is -0.493 e. The van der Waals surface area contributed by atoms with E-state index in [1.54, 1.807) is 31.2 Å². The van der Waals surface area contributed by atoms with E-state index in [1.165, 1.54) is 36.2 Å². The number of methoxy groups -OCH3 is 1. The molecule has 2 aromatic carbocycles. The standard InChI is InChI=1S/C23H17Cl2FN4O4/c1-12-20(23(31)32)30(11-13-8-14(24)6-7-15(13)25)22(28-12)17-9-27-10-19(29-17)34-21-16(26)4-3-5-18(21)33-2/h3-10H,11H2,1-2H3,(H,31,32). The third-order valence-electron chi connectivity index (χ3n) is 4.88. The number of hydrogen-bond donors (Lipinski definition) is 1. The van der Waals surface area contributed by atoms with Gasteiger partial charge in [0.25, 0.3) is 0 Å². The molecular formula is C23H17Cl2FN4O4. The monoisotopic (exact) mass is 502 g/mol. The minimum atomic E-state index is -1.18. The summed E-state index contributed by atoms with van der Waals surface area (Å²) in [5, 5.41) is 10.7. The van der Waals surface area contributed by atoms with Crippen LogP contribution >= 0.6 is 23.2 Å². The van der Waals surface area contributed by atoms with Gasteiger partial charge in [-0.3, -0.25) is 4.98 Å². The van der Waals surface area contributed by atoms with Crippen LogP contribution in [-0.4, -0.2) is 37.7 Å². The van der Waals surface area contributed by atoms with E-state index in [0.29, 0.717) is 15.6 Å². The van der Waals surface area contributed by atoms with Crippen LogP contribution in [0.5, 0.6) is 17.4 Å². The van der Waals surface area contributed by atoms with Gasteiger partial charge in [0.05, 0.1) is 31.7 Å². The molecule has 0 bridgehead atoms. The summed E-state index contributed by atoms with van der Waals surface area (Å²) in [6.07, 6.45) is 2.69. The average molecular weight is 503 g/mol. The van der Waals surface area contributed by atoms with Crippen molar-refractivity contribution in [2.75, 3.05) is 7.11 Å². The maximum absolute atomic E-state index is 14.3. The molecule has 0 amide bonds. The first kappa shape index (κ1) is 23.5. The van der Waals surface area contributed by atoms with Gasteiger partial charge in [0, 0.05) is 10.0 Å². The second-order valence-electron chi connectivity index (χ2n) is 7.11. The number of ether oxygens (including phenoxy) is 2. The van der Waals surface area contributed by atoms with Crippen LogP contribution in [0.3, 0.4) is 0 Å². The molecule has 0 atom stereocenters. The number of para-hydroxylation sites is 1. The Kier molecular flexibility index (Phi) is 6.67. The molecule has 2 heterocycles. The van der Waals surface area contributed by atoms with Gasteiger partial charge in [0.2, 0.25) is 11.6 Å². The molecule has 0 aliphatic carbocycles. The molecule has 0 aliphatic rings. The molecule has 0 saturated carbocycles. The van der Waals surface area contributed by atoms with E-state index in [2.05, 4.69) is 15.0 Å². The van der Waals surface area contributed by atoms with Gasteiger partial charge in [0.15, 0.2) is 23.1 Å². The van der Waals surface area contributed by atoms with E-state index < -0.39 is 11.8 Å². The number of carboxylic acid groups (broad SMARTS) is 1. The highest BCUT2D eigenvalue weighted by Gasteiger charge is 2.23. The molecule has 4 aromatic rings. The molecule has 1 N–H and O–H groups in total. The number of hydrogen-bond acceptors (Lipinski definition) is 6. The van der Waals surface area contributed by atoms with E-state index >= 15 is 0 Å². The highest BCUT2D eigenvalue weighted by atomic mass is 35.5. The summed E-state index contributed by atoms with van der Waals surface area (Å²) in [5.41, 5.74) is 1.02. The molecule has 0 aliphatic heterocycles. The summed E-state index contributed by atoms with van der Waals surface area (Å²) in [5.74, 6) is -1.63. The van der Waals surface area contributed by atoms with Crippen LogP contribution in [0.1, 0.15) is 21.7 Å². The van der Waals surface area contributed by atoms with E-state index in [4.69, 9.17) is 32.7 Å². The first-order chi connectivity index (χ1) is 16.3. The van der Waals surface area contributed by atoms with Crippen LogP contribution in [0.15, 0.2) is 48.8 Å². The van der Waals surface area contributed by atoms with Gasteiger partial charge in [-0.15, -0.1) is 0 Å². The van der Waals surface area contributed by atoms with Crippen molar-refractivity contribution in [3.05, 3.63) is 81.6 Å². The number of aryl methyl sites for hydroxylation is 1. The van der Waals surface area contributed by atoms with Crippen molar-refractivity contribution in [2.24, 2.45) is 0 Å². The Morgan fingerprint density at radius 1 is 1.18 bits per heavy atom. The SMILES string of the molecule is COc1cccc(F)c1Oc1cncc(-c2nc(C)c(C(=O)O)n2Cc2cc(Cl)ccc2Cl)n1. The zero-order chi connectivity index (χ0) is 24.4. The molecule has 174 valence electrons. The van der Waals surface area contributed by atoms with Gasteiger partial charge in [-0.2, -0.15) is 0 Å². The summed E-state index contributed by atoms with van der Waals surface area (Å²) >= 11 is 12.4. The Bertz CT molecular complexity index is 1390. The lowest BCUT2D eigenvalue weighted by molar-refractivity contribution is 0.0685. The Morgan fingerprint density at radius 3 is 2.71 bits per heavy atom. The fraction of sp³-hybridized carbons (Fsp3) is 0.130. The molecule has 0 fully saturated rings. The molecule has 0 saturated heterocycles. The third-order valence-corrected chi connectivity index (χ3v) is 5.48. The lowest BCUT2D eigenvalue weighted by Crippen LogP contribution is -2.12. The van der Waals surface area contributed by atoms with Gasteiger partial charge >= 0.3 is 5.97 Å². The van der Waals surface area contributed by atoms with Crippen molar-refractivity contribution < 1.29 is 23.8 Å². The van der Waals surface area contributed by atoms with Crippen LogP contribution in [0.4, 0.5) is 4.39 Å². The number of nitrogens with zero attached hydrogens (tertiary/aromatic N) is 4. The molecular weight excluding hydrogens is 486 g/mol. The van der Waals surface area contributed by atoms with E-state index in [-0.39, 0.29) is 46.8 Å². The quantitative estimate of drug-likeness (QED) is 0.348. The fourth-order valence-electron chi connectivity index (χ4n) is 3.39. The van der Waals surface area contributed by atoms with Gasteiger partial charge < -0.3 is 19.1 Å². The fourth-order valence-corrected chi connectivity index (χ4v) is 3.76. The number of imidazole rings is 1. The third kappa shape index (κ3) is 4.66. The van der Waals surface area contributed by atoms with Crippen molar-refractivity contribution in [3.8, 4) is 28.9 Å². The van der Waals surface area contributed by atoms with E-state index in [9.17, 15) is 14.3 Å². The molecule has 11 heteroatoms. The number of rotatable bonds is 7. The number of carbonyl (C=O) groups is 1. The van der Waals surface area contributed by atoms with Crippen LogP contribution in [0, 0.1) is 12.7 Å². The van der Waals surface area contributed by atoms with Crippen molar-refractivity contribution >= 4 is 29.2 Å². The predicted molar refractivity (Wildman–Crippen MR) is 124 cm³/mol. The first-order valence-corrected chi connectivity index (χ1v) is 10.6. The summed E-state index contributed by atoms with van der Waals surface area (Å²) in [7, 11) is 1.39. The second kappa shape index (κ2) is 9.66. The average Bonchev–Trinajstić information content (AvgIpc) is 3.13. The zero-order valence-corrected chi connectivity index (χ0v) is 19.4. The maximum atomic E-state index is 14.3. The number of benzene rings is 2. The smallest absolute Gasteiger partial charge is 0.354 e. The molecule has 34 heavy (non-hydrogen) atoms. The molecule has 8 nitrogen and oxygen atoms in total. The Labute approximate surface area is 203 Å². The number of halogens is 3. The Hall–Kier alpha value is -3.69. The number of aromatic carboxylic acids is 1. The Balaban J connectivity index is 1.79. The second-order valence-corrected chi connectivity index (χ2v) is 7.96. The largest absolute Gasteiger partial charge is 0.493 e. The Morgan fingerprint density at radius 2 is 1.97 bits per heavy atom. The lowest BCUT2D eigenvalue weighted by Gasteiger charge is -2.13. The van der Waals surface area contributed by atoms with Crippen molar-refractivity contribution in [2.45, 2.75) is 13.5 Å². The maximum Gasteiger partial charge on any atom is 0.354 e. The lowest BCUT2D eigenvalue weighted by atomic mass is 10.2. The van der Waals surface area contributed by atoms with Crippen molar-refractivity contribution in [1.29, 1.82) is 0 Å². The summed E-state index contributed by atoms with van der Waals surface area (Å²) in [6.45, 7) is 1.63. The van der Waals surface area contributed by atoms with Crippen LogP contribution in [0.25, 0.3) is 11.5 Å². The number of carboxylic acids is 1. The van der Waals surface area contributed by atoms with Gasteiger partial charge in [-0.1, -0.05) is 29.3 Å². The predicted octanol–water partition coefficient (Wildman–Crippen LogP) is 5.64. The topological polar surface area (TPSA) is 99.4 Å². The minimum absolute atomic E-state index is 0.0363. The normalized spacial score (nSPS) is 10.9. The number of aromatic nitrogens is 4. The molecule has 0 radical (unpaired) electrons. The highest BCUT2D eigenvalue weighted by Crippen LogP contribution is 2.34. The molecule has 2 aromatic heterocycles. The summed E-state index contributed by atoms with van der Waals surface area (Å²) in [6, 6.07) is 9.15. The van der Waals surface area contributed by atoms with Gasteiger partial charge in [-0.25, -0.2) is 19.2 Å². The van der Waals surface area contributed by atoms with Crippen molar-refractivity contribution in [1.82, 2.24) is 19.5 Å². The van der Waals surface area contributed by atoms with Gasteiger partial charge in [0.1, 0.15) is 5.69 Å². The van der Waals surface area contributed by atoms with Gasteiger partial charge in [-0.05, 0) is 42.8 Å². The molecule has 0 unspecified atom stereocenters. The van der Waals surface area contributed by atoms with E-state index in [0.717, 1.165) is 0 Å². The zero-order valence-electron chi connectivity index (χ0n) is 17.9. The summed E-state index contributed by atoms with van der Waals surface area (Å²) < 4.78 is 26.5. The van der Waals surface area contributed by atoms with Crippen LogP contribution < -0.4 is 9.47 Å². The highest BCUT2D eigenvalue weighted by molar-refractivity contribution is 6.33.